The van der Waals surface area contributed by atoms with Crippen LogP contribution in [0, 0.1) is 0 Å². The summed E-state index contributed by atoms with van der Waals surface area (Å²) in [6.07, 6.45) is 0.298. The number of ether oxygens (including phenoxy) is 1. The maximum atomic E-state index is 12.1. The second-order valence-electron chi connectivity index (χ2n) is 7.91. The first kappa shape index (κ1) is 22.4. The van der Waals surface area contributed by atoms with E-state index >= 15 is 0 Å². The molecular formula is C22H25ClN4O4. The number of benzene rings is 2. The van der Waals surface area contributed by atoms with Gasteiger partial charge in [-0.3, -0.25) is 4.79 Å². The average Bonchev–Trinajstić information content (AvgIpc) is 3.07. The third-order valence-electron chi connectivity index (χ3n) is 4.02. The summed E-state index contributed by atoms with van der Waals surface area (Å²) >= 11 is 5.96. The molecule has 3 N–H and O–H groups in total. The fourth-order valence-corrected chi connectivity index (χ4v) is 2.86. The third-order valence-corrected chi connectivity index (χ3v) is 4.25. The predicted molar refractivity (Wildman–Crippen MR) is 121 cm³/mol. The van der Waals surface area contributed by atoms with Crippen molar-refractivity contribution in [1.82, 2.24) is 10.3 Å². The SMILES string of the molecule is CC(C)(C)OC(=O)NCCCC(=O)Nc1ccc(Nc2nc3cc(Cl)ccc3o2)cc1. The minimum absolute atomic E-state index is 0.137. The molecule has 2 amide bonds. The molecule has 0 saturated heterocycles. The van der Waals surface area contributed by atoms with Gasteiger partial charge in [0, 0.05) is 29.4 Å². The number of hydrogen-bond acceptors (Lipinski definition) is 6. The molecule has 0 saturated carbocycles. The lowest BCUT2D eigenvalue weighted by Crippen LogP contribution is -2.33. The number of carbonyl (C=O) groups is 2. The van der Waals surface area contributed by atoms with Crippen molar-refractivity contribution in [2.75, 3.05) is 17.2 Å². The number of oxazole rings is 1. The number of hydrogen-bond donors (Lipinski definition) is 3. The zero-order valence-corrected chi connectivity index (χ0v) is 18.4. The Hall–Kier alpha value is -3.26. The van der Waals surface area contributed by atoms with Gasteiger partial charge in [0.2, 0.25) is 5.91 Å². The van der Waals surface area contributed by atoms with Crippen molar-refractivity contribution in [2.45, 2.75) is 39.2 Å². The molecule has 31 heavy (non-hydrogen) atoms. The number of nitrogens with zero attached hydrogens (tertiary/aromatic N) is 1. The first-order chi connectivity index (χ1) is 14.7. The average molecular weight is 445 g/mol. The van der Waals surface area contributed by atoms with Gasteiger partial charge in [0.25, 0.3) is 6.01 Å². The first-order valence-corrected chi connectivity index (χ1v) is 10.3. The Labute approximate surface area is 185 Å². The Balaban J connectivity index is 1.43. The number of fused-ring (bicyclic) bond motifs is 1. The summed E-state index contributed by atoms with van der Waals surface area (Å²) in [6.45, 7) is 5.75. The zero-order valence-electron chi connectivity index (χ0n) is 17.6. The summed E-state index contributed by atoms with van der Waals surface area (Å²) in [5.41, 5.74) is 2.19. The second kappa shape index (κ2) is 9.70. The topological polar surface area (TPSA) is 105 Å². The lowest BCUT2D eigenvalue weighted by Gasteiger charge is -2.19. The van der Waals surface area contributed by atoms with Gasteiger partial charge in [-0.05, 0) is 69.7 Å². The van der Waals surface area contributed by atoms with Gasteiger partial charge >= 0.3 is 6.09 Å². The molecule has 164 valence electrons. The van der Waals surface area contributed by atoms with Crippen molar-refractivity contribution in [2.24, 2.45) is 0 Å². The largest absolute Gasteiger partial charge is 0.444 e. The number of alkyl carbamates (subject to hydrolysis) is 1. The molecule has 0 radical (unpaired) electrons. The van der Waals surface area contributed by atoms with Crippen LogP contribution < -0.4 is 16.0 Å². The smallest absolute Gasteiger partial charge is 0.407 e. The van der Waals surface area contributed by atoms with E-state index < -0.39 is 11.7 Å². The summed E-state index contributed by atoms with van der Waals surface area (Å²) in [7, 11) is 0. The molecule has 0 aliphatic carbocycles. The first-order valence-electron chi connectivity index (χ1n) is 9.88. The molecule has 0 unspecified atom stereocenters. The highest BCUT2D eigenvalue weighted by Gasteiger charge is 2.15. The monoisotopic (exact) mass is 444 g/mol. The van der Waals surface area contributed by atoms with E-state index in [1.807, 2.05) is 12.1 Å². The van der Waals surface area contributed by atoms with E-state index in [2.05, 4.69) is 20.9 Å². The van der Waals surface area contributed by atoms with Gasteiger partial charge in [-0.15, -0.1) is 0 Å². The summed E-state index contributed by atoms with van der Waals surface area (Å²) in [6, 6.07) is 12.8. The Morgan fingerprint density at radius 3 is 2.52 bits per heavy atom. The van der Waals surface area contributed by atoms with Gasteiger partial charge in [-0.25, -0.2) is 4.79 Å². The van der Waals surface area contributed by atoms with Gasteiger partial charge < -0.3 is 25.1 Å². The predicted octanol–water partition coefficient (Wildman–Crippen LogP) is 5.47. The molecule has 0 aliphatic heterocycles. The molecule has 9 heteroatoms. The lowest BCUT2D eigenvalue weighted by molar-refractivity contribution is -0.116. The van der Waals surface area contributed by atoms with Crippen LogP contribution in [-0.4, -0.2) is 29.1 Å². The molecular weight excluding hydrogens is 420 g/mol. The fourth-order valence-electron chi connectivity index (χ4n) is 2.69. The number of nitrogens with one attached hydrogen (secondary N) is 3. The quantitative estimate of drug-likeness (QED) is 0.417. The van der Waals surface area contributed by atoms with E-state index in [4.69, 9.17) is 20.8 Å². The number of halogens is 1. The van der Waals surface area contributed by atoms with Crippen LogP contribution in [-0.2, 0) is 9.53 Å². The standard InChI is InChI=1S/C22H25ClN4O4/c1-22(2,3)31-21(29)24-12-4-5-19(28)25-15-7-9-16(10-8-15)26-20-27-17-13-14(23)6-11-18(17)30-20/h6-11,13H,4-5,12H2,1-3H3,(H,24,29)(H,25,28)(H,26,27). The number of carbonyl (C=O) groups excluding carboxylic acids is 2. The molecule has 0 bridgehead atoms. The number of amides is 2. The van der Waals surface area contributed by atoms with E-state index in [1.165, 1.54) is 0 Å². The molecule has 1 aromatic heterocycles. The highest BCUT2D eigenvalue weighted by atomic mass is 35.5. The van der Waals surface area contributed by atoms with Crippen molar-refractivity contribution in [3.05, 3.63) is 47.5 Å². The Morgan fingerprint density at radius 1 is 1.10 bits per heavy atom. The molecule has 3 aromatic rings. The lowest BCUT2D eigenvalue weighted by atomic mass is 10.2. The maximum Gasteiger partial charge on any atom is 0.407 e. The van der Waals surface area contributed by atoms with Crippen molar-refractivity contribution < 1.29 is 18.7 Å². The summed E-state index contributed by atoms with van der Waals surface area (Å²) < 4.78 is 10.8. The summed E-state index contributed by atoms with van der Waals surface area (Å²) in [4.78, 5) is 28.0. The van der Waals surface area contributed by atoms with Crippen LogP contribution in [0.25, 0.3) is 11.1 Å². The normalized spacial score (nSPS) is 11.2. The minimum Gasteiger partial charge on any atom is -0.444 e. The Bertz CT molecular complexity index is 1060. The fraction of sp³-hybridized carbons (Fsp3) is 0.318. The van der Waals surface area contributed by atoms with Gasteiger partial charge in [-0.2, -0.15) is 4.98 Å². The molecule has 0 atom stereocenters. The highest BCUT2D eigenvalue weighted by Crippen LogP contribution is 2.25. The van der Waals surface area contributed by atoms with Crippen LogP contribution in [0.1, 0.15) is 33.6 Å². The summed E-state index contributed by atoms with van der Waals surface area (Å²) in [5.74, 6) is -0.137. The van der Waals surface area contributed by atoms with E-state index in [9.17, 15) is 9.59 Å². The summed E-state index contributed by atoms with van der Waals surface area (Å²) in [5, 5.41) is 9.12. The van der Waals surface area contributed by atoms with Crippen LogP contribution in [0.3, 0.4) is 0 Å². The van der Waals surface area contributed by atoms with Crippen LogP contribution in [0.4, 0.5) is 22.2 Å². The maximum absolute atomic E-state index is 12.1. The number of rotatable bonds is 7. The minimum atomic E-state index is -0.545. The van der Waals surface area contributed by atoms with Crippen LogP contribution in [0.15, 0.2) is 46.9 Å². The van der Waals surface area contributed by atoms with E-state index in [0.29, 0.717) is 40.8 Å². The van der Waals surface area contributed by atoms with Crippen LogP contribution in [0.5, 0.6) is 0 Å². The van der Waals surface area contributed by atoms with Crippen LogP contribution >= 0.6 is 11.6 Å². The zero-order chi connectivity index (χ0) is 22.4. The van der Waals surface area contributed by atoms with Gasteiger partial charge in [-0.1, -0.05) is 11.6 Å². The number of anilines is 3. The van der Waals surface area contributed by atoms with E-state index in [1.54, 1.807) is 51.1 Å². The third kappa shape index (κ3) is 7.18. The molecule has 0 spiro atoms. The van der Waals surface area contributed by atoms with E-state index in [0.717, 1.165) is 5.69 Å². The van der Waals surface area contributed by atoms with Gasteiger partial charge in [0.05, 0.1) is 0 Å². The molecule has 3 rings (SSSR count). The number of aromatic nitrogens is 1. The molecule has 1 heterocycles. The van der Waals surface area contributed by atoms with E-state index in [-0.39, 0.29) is 12.3 Å². The van der Waals surface area contributed by atoms with Crippen molar-refractivity contribution in [3.8, 4) is 0 Å². The Morgan fingerprint density at radius 2 is 1.81 bits per heavy atom. The van der Waals surface area contributed by atoms with Gasteiger partial charge in [0.15, 0.2) is 5.58 Å². The van der Waals surface area contributed by atoms with Crippen molar-refractivity contribution in [3.63, 3.8) is 0 Å². The molecule has 0 fully saturated rings. The van der Waals surface area contributed by atoms with Crippen molar-refractivity contribution >= 4 is 52.1 Å². The van der Waals surface area contributed by atoms with Gasteiger partial charge in [0.1, 0.15) is 11.1 Å². The molecule has 2 aromatic carbocycles. The van der Waals surface area contributed by atoms with Crippen LogP contribution in [0.2, 0.25) is 5.02 Å². The Kier molecular flexibility index (Phi) is 7.02. The van der Waals surface area contributed by atoms with Crippen molar-refractivity contribution in [1.29, 1.82) is 0 Å². The highest BCUT2D eigenvalue weighted by molar-refractivity contribution is 6.31. The molecule has 8 nitrogen and oxygen atoms in total. The molecule has 0 aliphatic rings. The second-order valence-corrected chi connectivity index (χ2v) is 8.35.